The van der Waals surface area contributed by atoms with Crippen LogP contribution < -0.4 is 5.32 Å². The van der Waals surface area contributed by atoms with Crippen molar-refractivity contribution in [2.24, 2.45) is 0 Å². The summed E-state index contributed by atoms with van der Waals surface area (Å²) in [6.45, 7) is 2.74. The molecular weight excluding hydrogens is 210 g/mol. The van der Waals surface area contributed by atoms with E-state index in [1.807, 2.05) is 24.3 Å². The fourth-order valence-electron chi connectivity index (χ4n) is 2.28. The Morgan fingerprint density at radius 2 is 1.88 bits per heavy atom. The molecule has 1 aliphatic heterocycles. The molecule has 0 aliphatic carbocycles. The highest BCUT2D eigenvalue weighted by molar-refractivity contribution is 5.99. The Kier molecular flexibility index (Phi) is 2.22. The number of nitrogens with one attached hydrogen (secondary N) is 1. The van der Waals surface area contributed by atoms with Gasteiger partial charge in [0.2, 0.25) is 0 Å². The lowest BCUT2D eigenvalue weighted by Gasteiger charge is -2.06. The lowest BCUT2D eigenvalue weighted by atomic mass is 9.97. The molecule has 2 aromatic rings. The maximum Gasteiger partial charge on any atom is 0.251 e. The molecular formula is C15H13NO. The standard InChI is InChI=1S/C15H13NO/c1-10-4-2-3-5-13(10)11-6-7-12-9-16-15(17)14(12)8-11/h2-8H,9H2,1H3,(H,16,17). The van der Waals surface area contributed by atoms with Gasteiger partial charge in [0.25, 0.3) is 5.91 Å². The lowest BCUT2D eigenvalue weighted by molar-refractivity contribution is 0.0966. The van der Waals surface area contributed by atoms with Gasteiger partial charge in [-0.2, -0.15) is 0 Å². The van der Waals surface area contributed by atoms with E-state index in [0.717, 1.165) is 16.7 Å². The summed E-state index contributed by atoms with van der Waals surface area (Å²) in [5.41, 5.74) is 5.43. The van der Waals surface area contributed by atoms with E-state index in [9.17, 15) is 4.79 Å². The third kappa shape index (κ3) is 1.62. The van der Waals surface area contributed by atoms with Gasteiger partial charge in [-0.15, -0.1) is 0 Å². The summed E-state index contributed by atoms with van der Waals surface area (Å²) in [6, 6.07) is 14.3. The summed E-state index contributed by atoms with van der Waals surface area (Å²) in [4.78, 5) is 11.6. The van der Waals surface area contributed by atoms with Crippen LogP contribution in [0, 0.1) is 6.92 Å². The highest BCUT2D eigenvalue weighted by atomic mass is 16.1. The lowest BCUT2D eigenvalue weighted by Crippen LogP contribution is -2.12. The minimum absolute atomic E-state index is 0.0374. The average molecular weight is 223 g/mol. The summed E-state index contributed by atoms with van der Waals surface area (Å²) in [5.74, 6) is 0.0374. The zero-order valence-corrected chi connectivity index (χ0v) is 9.66. The molecule has 0 aromatic heterocycles. The first-order valence-corrected chi connectivity index (χ1v) is 5.73. The van der Waals surface area contributed by atoms with Gasteiger partial charge in [-0.3, -0.25) is 4.79 Å². The highest BCUT2D eigenvalue weighted by Gasteiger charge is 2.19. The third-order valence-electron chi connectivity index (χ3n) is 3.25. The highest BCUT2D eigenvalue weighted by Crippen LogP contribution is 2.27. The molecule has 2 nitrogen and oxygen atoms in total. The molecule has 0 radical (unpaired) electrons. The topological polar surface area (TPSA) is 29.1 Å². The Labute approximate surface area is 100 Å². The molecule has 0 saturated heterocycles. The van der Waals surface area contributed by atoms with Crippen LogP contribution in [0.2, 0.25) is 0 Å². The summed E-state index contributed by atoms with van der Waals surface area (Å²) < 4.78 is 0. The molecule has 1 aliphatic rings. The summed E-state index contributed by atoms with van der Waals surface area (Å²) >= 11 is 0. The second-order valence-corrected chi connectivity index (χ2v) is 4.37. The van der Waals surface area contributed by atoms with Crippen LogP contribution in [0.4, 0.5) is 0 Å². The monoisotopic (exact) mass is 223 g/mol. The fraction of sp³-hybridized carbons (Fsp3) is 0.133. The number of benzene rings is 2. The number of amides is 1. The molecule has 17 heavy (non-hydrogen) atoms. The van der Waals surface area contributed by atoms with Crippen molar-refractivity contribution in [2.75, 3.05) is 0 Å². The van der Waals surface area contributed by atoms with Gasteiger partial charge in [-0.25, -0.2) is 0 Å². The van der Waals surface area contributed by atoms with Crippen molar-refractivity contribution < 1.29 is 4.79 Å². The molecule has 84 valence electrons. The van der Waals surface area contributed by atoms with Crippen molar-refractivity contribution in [3.8, 4) is 11.1 Å². The Morgan fingerprint density at radius 1 is 1.06 bits per heavy atom. The molecule has 1 amide bonds. The summed E-state index contributed by atoms with van der Waals surface area (Å²) in [7, 11) is 0. The molecule has 0 unspecified atom stereocenters. The van der Waals surface area contributed by atoms with Crippen LogP contribution in [0.1, 0.15) is 21.5 Å². The largest absolute Gasteiger partial charge is 0.348 e. The van der Waals surface area contributed by atoms with Crippen LogP contribution >= 0.6 is 0 Å². The summed E-state index contributed by atoms with van der Waals surface area (Å²) in [5, 5.41) is 2.84. The van der Waals surface area contributed by atoms with Crippen LogP contribution in [0.15, 0.2) is 42.5 Å². The minimum Gasteiger partial charge on any atom is -0.348 e. The Hall–Kier alpha value is -2.09. The first-order valence-electron chi connectivity index (χ1n) is 5.73. The first kappa shape index (κ1) is 10.1. The second kappa shape index (κ2) is 3.74. The average Bonchev–Trinajstić information content (AvgIpc) is 2.71. The number of rotatable bonds is 1. The van der Waals surface area contributed by atoms with Gasteiger partial charge >= 0.3 is 0 Å². The molecule has 0 spiro atoms. The number of hydrogen-bond acceptors (Lipinski definition) is 1. The zero-order valence-electron chi connectivity index (χ0n) is 9.66. The van der Waals surface area contributed by atoms with E-state index in [1.54, 1.807) is 0 Å². The van der Waals surface area contributed by atoms with Crippen molar-refractivity contribution in [2.45, 2.75) is 13.5 Å². The van der Waals surface area contributed by atoms with Gasteiger partial charge in [-0.05, 0) is 35.2 Å². The second-order valence-electron chi connectivity index (χ2n) is 4.37. The smallest absolute Gasteiger partial charge is 0.251 e. The molecule has 0 atom stereocenters. The van der Waals surface area contributed by atoms with E-state index >= 15 is 0 Å². The van der Waals surface area contributed by atoms with Gasteiger partial charge in [-0.1, -0.05) is 36.4 Å². The molecule has 1 N–H and O–H groups in total. The van der Waals surface area contributed by atoms with Crippen LogP contribution in [-0.2, 0) is 6.54 Å². The van der Waals surface area contributed by atoms with Crippen molar-refractivity contribution in [3.63, 3.8) is 0 Å². The predicted octanol–water partition coefficient (Wildman–Crippen LogP) is 2.91. The third-order valence-corrected chi connectivity index (χ3v) is 3.25. The van der Waals surface area contributed by atoms with Gasteiger partial charge in [0.05, 0.1) is 0 Å². The van der Waals surface area contributed by atoms with E-state index in [1.165, 1.54) is 11.1 Å². The van der Waals surface area contributed by atoms with Crippen molar-refractivity contribution in [3.05, 3.63) is 59.2 Å². The van der Waals surface area contributed by atoms with Gasteiger partial charge < -0.3 is 5.32 Å². The van der Waals surface area contributed by atoms with E-state index in [0.29, 0.717) is 6.54 Å². The number of aryl methyl sites for hydroxylation is 1. The van der Waals surface area contributed by atoms with E-state index in [2.05, 4.69) is 30.4 Å². The van der Waals surface area contributed by atoms with E-state index in [-0.39, 0.29) is 5.91 Å². The van der Waals surface area contributed by atoms with E-state index in [4.69, 9.17) is 0 Å². The Bertz CT molecular complexity index is 602. The molecule has 0 saturated carbocycles. The van der Waals surface area contributed by atoms with Crippen molar-refractivity contribution in [1.82, 2.24) is 5.32 Å². The summed E-state index contributed by atoms with van der Waals surface area (Å²) in [6.07, 6.45) is 0. The molecule has 1 heterocycles. The van der Waals surface area contributed by atoms with Crippen molar-refractivity contribution in [1.29, 1.82) is 0 Å². The van der Waals surface area contributed by atoms with Crippen LogP contribution in [-0.4, -0.2) is 5.91 Å². The maximum atomic E-state index is 11.6. The molecule has 2 aromatic carbocycles. The van der Waals surface area contributed by atoms with E-state index < -0.39 is 0 Å². The Morgan fingerprint density at radius 3 is 2.71 bits per heavy atom. The van der Waals surface area contributed by atoms with Crippen LogP contribution in [0.25, 0.3) is 11.1 Å². The number of fused-ring (bicyclic) bond motifs is 1. The van der Waals surface area contributed by atoms with Gasteiger partial charge in [0.15, 0.2) is 0 Å². The quantitative estimate of drug-likeness (QED) is 0.791. The van der Waals surface area contributed by atoms with Gasteiger partial charge in [0.1, 0.15) is 0 Å². The minimum atomic E-state index is 0.0374. The molecule has 0 bridgehead atoms. The normalized spacial score (nSPS) is 13.4. The van der Waals surface area contributed by atoms with Gasteiger partial charge in [0, 0.05) is 12.1 Å². The zero-order chi connectivity index (χ0) is 11.8. The van der Waals surface area contributed by atoms with Crippen LogP contribution in [0.3, 0.4) is 0 Å². The van der Waals surface area contributed by atoms with Crippen LogP contribution in [0.5, 0.6) is 0 Å². The first-order chi connectivity index (χ1) is 8.25. The molecule has 2 heteroatoms. The Balaban J connectivity index is 2.15. The SMILES string of the molecule is Cc1ccccc1-c1ccc2c(c1)C(=O)NC2. The fourth-order valence-corrected chi connectivity index (χ4v) is 2.28. The van der Waals surface area contributed by atoms with Crippen molar-refractivity contribution >= 4 is 5.91 Å². The number of carbonyl (C=O) groups excluding carboxylic acids is 1. The molecule has 3 rings (SSSR count). The maximum absolute atomic E-state index is 11.6. The predicted molar refractivity (Wildman–Crippen MR) is 67.8 cm³/mol. The molecule has 0 fully saturated rings. The number of hydrogen-bond donors (Lipinski definition) is 1. The number of carbonyl (C=O) groups is 1.